The average Bonchev–Trinajstić information content (AvgIpc) is 3.83. The van der Waals surface area contributed by atoms with Gasteiger partial charge in [-0.2, -0.15) is 0 Å². The second-order valence-electron chi connectivity index (χ2n) is 15.6. The molecule has 276 valence electrons. The molecule has 0 bridgehead atoms. The highest BCUT2D eigenvalue weighted by Gasteiger charge is 2.46. The minimum Gasteiger partial charge on any atom is -0.456 e. The van der Waals surface area contributed by atoms with Crippen LogP contribution in [0.15, 0.2) is 229 Å². The van der Waals surface area contributed by atoms with Gasteiger partial charge in [-0.05, 0) is 109 Å². The molecule has 0 aliphatic heterocycles. The third-order valence-electron chi connectivity index (χ3n) is 12.5. The van der Waals surface area contributed by atoms with Crippen LogP contribution >= 0.6 is 0 Å². The summed E-state index contributed by atoms with van der Waals surface area (Å²) in [6.07, 6.45) is 0. The zero-order valence-electron chi connectivity index (χ0n) is 32.2. The van der Waals surface area contributed by atoms with Crippen LogP contribution in [0.3, 0.4) is 0 Å². The van der Waals surface area contributed by atoms with Crippen LogP contribution in [0.25, 0.3) is 65.7 Å². The molecule has 0 saturated heterocycles. The van der Waals surface area contributed by atoms with Gasteiger partial charge in [-0.25, -0.2) is 0 Å². The lowest BCUT2D eigenvalue weighted by Crippen LogP contribution is -2.28. The van der Waals surface area contributed by atoms with Crippen molar-refractivity contribution in [2.24, 2.45) is 0 Å². The van der Waals surface area contributed by atoms with Gasteiger partial charge in [0.15, 0.2) is 0 Å². The Morgan fingerprint density at radius 1 is 0.339 bits per heavy atom. The molecule has 0 N–H and O–H groups in total. The number of anilines is 3. The quantitative estimate of drug-likeness (QED) is 0.168. The fourth-order valence-electron chi connectivity index (χ4n) is 9.98. The van der Waals surface area contributed by atoms with E-state index in [1.165, 1.54) is 60.5 Å². The fourth-order valence-corrected chi connectivity index (χ4v) is 9.98. The summed E-state index contributed by atoms with van der Waals surface area (Å²) in [4.78, 5) is 2.41. The van der Waals surface area contributed by atoms with E-state index in [2.05, 4.69) is 229 Å². The summed E-state index contributed by atoms with van der Waals surface area (Å²) in [6.45, 7) is 0. The van der Waals surface area contributed by atoms with Crippen LogP contribution in [0.2, 0.25) is 0 Å². The van der Waals surface area contributed by atoms with Crippen molar-refractivity contribution in [3.63, 3.8) is 0 Å². The standard InChI is InChI=1S/C57H37NO/c1-3-19-41(20-4-1)57(42-21-5-2-6-22-42)52-28-12-11-26-49(52)50-32-30-44(36-53(50)57)58(43-23-13-18-40(35-43)47-27-14-17-38-15-7-9-24-46(38)47)45-31-33-51-55(37-45)59-54-34-29-39-16-8-10-25-48(39)56(51)54/h1-37H. The van der Waals surface area contributed by atoms with E-state index in [4.69, 9.17) is 4.42 Å². The molecule has 2 heteroatoms. The molecule has 0 unspecified atom stereocenters. The van der Waals surface area contributed by atoms with E-state index in [9.17, 15) is 0 Å². The second kappa shape index (κ2) is 13.2. The Morgan fingerprint density at radius 2 is 0.932 bits per heavy atom. The maximum absolute atomic E-state index is 6.70. The van der Waals surface area contributed by atoms with Crippen LogP contribution in [0.1, 0.15) is 22.3 Å². The molecule has 1 aromatic heterocycles. The third-order valence-corrected chi connectivity index (χ3v) is 12.5. The number of furan rings is 1. The monoisotopic (exact) mass is 751 g/mol. The van der Waals surface area contributed by atoms with Gasteiger partial charge in [-0.15, -0.1) is 0 Å². The Balaban J connectivity index is 1.12. The smallest absolute Gasteiger partial charge is 0.137 e. The van der Waals surface area contributed by atoms with E-state index in [0.717, 1.165) is 44.6 Å². The van der Waals surface area contributed by atoms with E-state index >= 15 is 0 Å². The lowest BCUT2D eigenvalue weighted by molar-refractivity contribution is 0.669. The molecule has 12 rings (SSSR count). The number of rotatable bonds is 6. The van der Waals surface area contributed by atoms with Crippen LogP contribution in [0.5, 0.6) is 0 Å². The molecular formula is C57H37NO. The summed E-state index contributed by atoms with van der Waals surface area (Å²) in [5.41, 5.74) is 14.3. The highest BCUT2D eigenvalue weighted by molar-refractivity contribution is 6.19. The number of hydrogen-bond donors (Lipinski definition) is 0. The zero-order valence-corrected chi connectivity index (χ0v) is 32.2. The van der Waals surface area contributed by atoms with Crippen LogP contribution in [-0.4, -0.2) is 0 Å². The van der Waals surface area contributed by atoms with E-state index in [1.54, 1.807) is 0 Å². The van der Waals surface area contributed by atoms with Crippen molar-refractivity contribution >= 4 is 60.5 Å². The van der Waals surface area contributed by atoms with Gasteiger partial charge in [0, 0.05) is 33.9 Å². The highest BCUT2D eigenvalue weighted by atomic mass is 16.3. The molecule has 1 aliphatic carbocycles. The summed E-state index contributed by atoms with van der Waals surface area (Å²) >= 11 is 0. The molecule has 1 heterocycles. The molecule has 0 radical (unpaired) electrons. The van der Waals surface area contributed by atoms with E-state index in [0.29, 0.717) is 0 Å². The summed E-state index contributed by atoms with van der Waals surface area (Å²) in [7, 11) is 0. The van der Waals surface area contributed by atoms with Crippen LogP contribution in [0, 0.1) is 0 Å². The molecular weight excluding hydrogens is 715 g/mol. The zero-order chi connectivity index (χ0) is 38.9. The van der Waals surface area contributed by atoms with Crippen LogP contribution in [-0.2, 0) is 5.41 Å². The predicted octanol–water partition coefficient (Wildman–Crippen LogP) is 15.4. The number of hydrogen-bond acceptors (Lipinski definition) is 2. The molecule has 0 amide bonds. The van der Waals surface area contributed by atoms with Gasteiger partial charge in [0.25, 0.3) is 0 Å². The summed E-state index contributed by atoms with van der Waals surface area (Å²) in [5, 5.41) is 7.14. The molecule has 59 heavy (non-hydrogen) atoms. The molecule has 0 atom stereocenters. The first-order valence-electron chi connectivity index (χ1n) is 20.3. The van der Waals surface area contributed by atoms with Gasteiger partial charge in [0.2, 0.25) is 0 Å². The van der Waals surface area contributed by atoms with Crippen LogP contribution in [0.4, 0.5) is 17.1 Å². The van der Waals surface area contributed by atoms with Gasteiger partial charge in [0.1, 0.15) is 11.2 Å². The van der Waals surface area contributed by atoms with E-state index < -0.39 is 5.41 Å². The van der Waals surface area contributed by atoms with Crippen molar-refractivity contribution in [3.8, 4) is 22.3 Å². The Labute approximate surface area is 342 Å². The van der Waals surface area contributed by atoms with Gasteiger partial charge in [-0.3, -0.25) is 0 Å². The van der Waals surface area contributed by atoms with Crippen molar-refractivity contribution in [1.82, 2.24) is 0 Å². The second-order valence-corrected chi connectivity index (χ2v) is 15.6. The van der Waals surface area contributed by atoms with Crippen LogP contribution < -0.4 is 4.90 Å². The molecule has 0 fully saturated rings. The third kappa shape index (κ3) is 5.06. The highest BCUT2D eigenvalue weighted by Crippen LogP contribution is 2.57. The van der Waals surface area contributed by atoms with E-state index in [1.807, 2.05) is 0 Å². The lowest BCUT2D eigenvalue weighted by atomic mass is 9.67. The van der Waals surface area contributed by atoms with Gasteiger partial charge >= 0.3 is 0 Å². The topological polar surface area (TPSA) is 16.4 Å². The Kier molecular flexibility index (Phi) is 7.48. The van der Waals surface area contributed by atoms with Crippen molar-refractivity contribution in [2.45, 2.75) is 5.41 Å². The molecule has 1 aliphatic rings. The molecule has 11 aromatic rings. The SMILES string of the molecule is c1ccc(C2(c3ccccc3)c3ccccc3-c3ccc(N(c4cccc(-c5cccc6ccccc56)c4)c4ccc5c(c4)oc4ccc6ccccc6c45)cc32)cc1. The van der Waals surface area contributed by atoms with Gasteiger partial charge < -0.3 is 9.32 Å². The summed E-state index contributed by atoms with van der Waals surface area (Å²) in [6, 6.07) is 81.8. The molecule has 0 spiro atoms. The predicted molar refractivity (Wildman–Crippen MR) is 246 cm³/mol. The van der Waals surface area contributed by atoms with Gasteiger partial charge in [0.05, 0.1) is 5.41 Å². The molecule has 10 aromatic carbocycles. The number of nitrogens with zero attached hydrogens (tertiary/aromatic N) is 1. The Hall–Kier alpha value is -7.68. The maximum atomic E-state index is 6.70. The maximum Gasteiger partial charge on any atom is 0.137 e. The van der Waals surface area contributed by atoms with Gasteiger partial charge in [-0.1, -0.05) is 176 Å². The average molecular weight is 752 g/mol. The lowest BCUT2D eigenvalue weighted by Gasteiger charge is -2.35. The van der Waals surface area contributed by atoms with Crippen molar-refractivity contribution in [2.75, 3.05) is 4.90 Å². The first kappa shape index (κ1) is 33.5. The van der Waals surface area contributed by atoms with Crippen molar-refractivity contribution in [1.29, 1.82) is 0 Å². The minimum atomic E-state index is -0.523. The van der Waals surface area contributed by atoms with E-state index in [-0.39, 0.29) is 0 Å². The first-order valence-corrected chi connectivity index (χ1v) is 20.3. The molecule has 2 nitrogen and oxygen atoms in total. The van der Waals surface area contributed by atoms with Crippen molar-refractivity contribution < 1.29 is 4.42 Å². The van der Waals surface area contributed by atoms with Crippen molar-refractivity contribution in [3.05, 3.63) is 247 Å². The minimum absolute atomic E-state index is 0.523. The summed E-state index contributed by atoms with van der Waals surface area (Å²) < 4.78 is 6.70. The normalized spacial score (nSPS) is 12.9. The number of benzene rings is 10. The Morgan fingerprint density at radius 3 is 1.75 bits per heavy atom. The molecule has 0 saturated carbocycles. The Bertz CT molecular complexity index is 3350. The fraction of sp³-hybridized carbons (Fsp3) is 0.0175. The first-order chi connectivity index (χ1) is 29.3. The summed E-state index contributed by atoms with van der Waals surface area (Å²) in [5.74, 6) is 0. The number of fused-ring (bicyclic) bond motifs is 9. The largest absolute Gasteiger partial charge is 0.456 e.